The van der Waals surface area contributed by atoms with Crippen molar-refractivity contribution in [3.63, 3.8) is 0 Å². The lowest BCUT2D eigenvalue weighted by Crippen LogP contribution is -2.37. The highest BCUT2D eigenvalue weighted by atomic mass is 19.1. The molecule has 20 heavy (non-hydrogen) atoms. The van der Waals surface area contributed by atoms with E-state index in [-0.39, 0.29) is 12.1 Å². The van der Waals surface area contributed by atoms with Gasteiger partial charge in [-0.15, -0.1) is 10.2 Å². The van der Waals surface area contributed by atoms with Gasteiger partial charge in [0.05, 0.1) is 18.7 Å². The molecule has 0 unspecified atom stereocenters. The lowest BCUT2D eigenvalue weighted by molar-refractivity contribution is 0.0903. The number of halogens is 2. The molecule has 1 aliphatic heterocycles. The summed E-state index contributed by atoms with van der Waals surface area (Å²) in [6.45, 7) is 1.84. The molecule has 104 valence electrons. The van der Waals surface area contributed by atoms with Crippen molar-refractivity contribution < 1.29 is 13.6 Å². The normalized spacial score (nSPS) is 15.1. The first-order valence-corrected chi connectivity index (χ1v) is 6.21. The highest BCUT2D eigenvalue weighted by molar-refractivity contribution is 5.97. The second kappa shape index (κ2) is 5.09. The lowest BCUT2D eigenvalue weighted by atomic mass is 10.1. The number of benzene rings is 1. The number of aromatic nitrogens is 3. The average molecular weight is 278 g/mol. The van der Waals surface area contributed by atoms with E-state index < -0.39 is 17.4 Å². The molecule has 0 aliphatic carbocycles. The summed E-state index contributed by atoms with van der Waals surface area (Å²) in [6.07, 6.45) is 1.64. The van der Waals surface area contributed by atoms with Crippen LogP contribution in [0.1, 0.15) is 16.2 Å². The van der Waals surface area contributed by atoms with Crippen molar-refractivity contribution in [1.29, 1.82) is 0 Å². The maximum absolute atomic E-state index is 13.5. The van der Waals surface area contributed by atoms with E-state index in [2.05, 4.69) is 10.2 Å². The van der Waals surface area contributed by atoms with E-state index >= 15 is 0 Å². The van der Waals surface area contributed by atoms with Crippen LogP contribution in [-0.2, 0) is 13.1 Å². The fourth-order valence-corrected chi connectivity index (χ4v) is 2.25. The van der Waals surface area contributed by atoms with Crippen molar-refractivity contribution in [3.05, 3.63) is 47.5 Å². The molecule has 1 aromatic carbocycles. The Morgan fingerprint density at radius 1 is 1.30 bits per heavy atom. The molecule has 2 heterocycles. The summed E-state index contributed by atoms with van der Waals surface area (Å²) in [5.41, 5.74) is -0.211. The summed E-state index contributed by atoms with van der Waals surface area (Å²) in [7, 11) is 0. The summed E-state index contributed by atoms with van der Waals surface area (Å²) in [5, 5.41) is 7.74. The van der Waals surface area contributed by atoms with E-state index in [4.69, 9.17) is 0 Å². The maximum atomic E-state index is 13.5. The van der Waals surface area contributed by atoms with Crippen LogP contribution in [0.2, 0.25) is 0 Å². The van der Waals surface area contributed by atoms with Gasteiger partial charge in [-0.2, -0.15) is 0 Å². The van der Waals surface area contributed by atoms with E-state index in [9.17, 15) is 13.6 Å². The molecule has 0 N–H and O–H groups in total. The quantitative estimate of drug-likeness (QED) is 0.793. The largest absolute Gasteiger partial charge is 0.315 e. The molecular formula is C13H12F2N4O. The second-order valence-electron chi connectivity index (χ2n) is 4.70. The van der Waals surface area contributed by atoms with Crippen molar-refractivity contribution >= 4 is 5.78 Å². The average Bonchev–Trinajstić information content (AvgIpc) is 2.89. The van der Waals surface area contributed by atoms with Gasteiger partial charge in [-0.05, 0) is 18.2 Å². The third kappa shape index (κ3) is 2.44. The fraction of sp³-hybridized carbons (Fsp3) is 0.308. The van der Waals surface area contributed by atoms with Crippen LogP contribution in [0.25, 0.3) is 0 Å². The number of hydrogen-bond acceptors (Lipinski definition) is 4. The highest BCUT2D eigenvalue weighted by Crippen LogP contribution is 2.14. The van der Waals surface area contributed by atoms with Gasteiger partial charge in [-0.1, -0.05) is 0 Å². The SMILES string of the molecule is O=C(CN1CCn2cnnc2C1)c1cc(F)ccc1F. The Balaban J connectivity index is 1.72. The summed E-state index contributed by atoms with van der Waals surface area (Å²) >= 11 is 0. The number of carbonyl (C=O) groups excluding carboxylic acids is 1. The molecule has 0 spiro atoms. The predicted molar refractivity (Wildman–Crippen MR) is 66.0 cm³/mol. The van der Waals surface area contributed by atoms with Gasteiger partial charge in [-0.25, -0.2) is 8.78 Å². The molecule has 7 heteroatoms. The third-order valence-electron chi connectivity index (χ3n) is 3.31. The Labute approximate surface area is 113 Å². The van der Waals surface area contributed by atoms with Crippen molar-refractivity contribution in [2.24, 2.45) is 0 Å². The van der Waals surface area contributed by atoms with Gasteiger partial charge in [0.15, 0.2) is 5.78 Å². The van der Waals surface area contributed by atoms with E-state index in [1.165, 1.54) is 0 Å². The number of nitrogens with zero attached hydrogens (tertiary/aromatic N) is 4. The van der Waals surface area contributed by atoms with Gasteiger partial charge in [0.25, 0.3) is 0 Å². The zero-order valence-electron chi connectivity index (χ0n) is 10.6. The minimum Gasteiger partial charge on any atom is -0.315 e. The first kappa shape index (κ1) is 12.9. The van der Waals surface area contributed by atoms with Crippen molar-refractivity contribution in [2.75, 3.05) is 13.1 Å². The predicted octanol–water partition coefficient (Wildman–Crippen LogP) is 1.25. The number of rotatable bonds is 3. The first-order valence-electron chi connectivity index (χ1n) is 6.21. The van der Waals surface area contributed by atoms with Crippen LogP contribution >= 0.6 is 0 Å². The molecule has 1 aliphatic rings. The monoisotopic (exact) mass is 278 g/mol. The summed E-state index contributed by atoms with van der Waals surface area (Å²) in [4.78, 5) is 13.9. The molecule has 0 saturated heterocycles. The number of fused-ring (bicyclic) bond motifs is 1. The molecule has 0 atom stereocenters. The van der Waals surface area contributed by atoms with E-state index in [0.29, 0.717) is 19.6 Å². The number of ketones is 1. The standard InChI is InChI=1S/C13H12F2N4O/c14-9-1-2-11(15)10(5-9)12(20)6-18-3-4-19-8-16-17-13(19)7-18/h1-2,5,8H,3-4,6-7H2. The molecule has 0 bridgehead atoms. The van der Waals surface area contributed by atoms with Gasteiger partial charge in [0.1, 0.15) is 23.8 Å². The van der Waals surface area contributed by atoms with Crippen LogP contribution in [0.15, 0.2) is 24.5 Å². The number of carbonyl (C=O) groups is 1. The maximum Gasteiger partial charge on any atom is 0.179 e. The summed E-state index contributed by atoms with van der Waals surface area (Å²) in [5.74, 6) is -0.983. The van der Waals surface area contributed by atoms with Gasteiger partial charge < -0.3 is 4.57 Å². The molecule has 1 aromatic heterocycles. The summed E-state index contributed by atoms with van der Waals surface area (Å²) < 4.78 is 28.5. The minimum atomic E-state index is -0.698. The Kier molecular flexibility index (Phi) is 3.27. The lowest BCUT2D eigenvalue weighted by Gasteiger charge is -2.26. The number of hydrogen-bond donors (Lipinski definition) is 0. The Morgan fingerprint density at radius 2 is 2.15 bits per heavy atom. The molecular weight excluding hydrogens is 266 g/mol. The molecule has 0 saturated carbocycles. The van der Waals surface area contributed by atoms with Crippen molar-refractivity contribution in [1.82, 2.24) is 19.7 Å². The van der Waals surface area contributed by atoms with Crippen LogP contribution in [0, 0.1) is 11.6 Å². The van der Waals surface area contributed by atoms with Crippen LogP contribution in [0.5, 0.6) is 0 Å². The van der Waals surface area contributed by atoms with Gasteiger partial charge in [0, 0.05) is 13.1 Å². The van der Waals surface area contributed by atoms with Crippen molar-refractivity contribution in [2.45, 2.75) is 13.1 Å². The molecule has 0 fully saturated rings. The van der Waals surface area contributed by atoms with E-state index in [1.54, 1.807) is 6.33 Å². The molecule has 3 rings (SSSR count). The second-order valence-corrected chi connectivity index (χ2v) is 4.70. The smallest absolute Gasteiger partial charge is 0.179 e. The van der Waals surface area contributed by atoms with Crippen LogP contribution in [0.3, 0.4) is 0 Å². The first-order chi connectivity index (χ1) is 9.63. The van der Waals surface area contributed by atoms with Gasteiger partial charge >= 0.3 is 0 Å². The highest BCUT2D eigenvalue weighted by Gasteiger charge is 2.21. The van der Waals surface area contributed by atoms with Gasteiger partial charge in [-0.3, -0.25) is 9.69 Å². The van der Waals surface area contributed by atoms with Gasteiger partial charge in [0.2, 0.25) is 0 Å². The minimum absolute atomic E-state index is 0.0350. The van der Waals surface area contributed by atoms with E-state index in [1.807, 2.05) is 9.47 Å². The molecule has 5 nitrogen and oxygen atoms in total. The third-order valence-corrected chi connectivity index (χ3v) is 3.31. The topological polar surface area (TPSA) is 51.0 Å². The van der Waals surface area contributed by atoms with Crippen molar-refractivity contribution in [3.8, 4) is 0 Å². The van der Waals surface area contributed by atoms with Crippen LogP contribution < -0.4 is 0 Å². The van der Waals surface area contributed by atoms with Crippen LogP contribution in [0.4, 0.5) is 8.78 Å². The Bertz CT molecular complexity index is 656. The molecule has 0 radical (unpaired) electrons. The van der Waals surface area contributed by atoms with E-state index in [0.717, 1.165) is 24.0 Å². The zero-order chi connectivity index (χ0) is 14.1. The van der Waals surface area contributed by atoms with Crippen LogP contribution in [-0.4, -0.2) is 38.5 Å². The molecule has 2 aromatic rings. The molecule has 0 amide bonds. The fourth-order valence-electron chi connectivity index (χ4n) is 2.25. The Morgan fingerprint density at radius 3 is 3.00 bits per heavy atom. The summed E-state index contributed by atoms with van der Waals surface area (Å²) in [6, 6.07) is 2.90. The zero-order valence-corrected chi connectivity index (χ0v) is 10.6. The Hall–Kier alpha value is -2.15. The number of Topliss-reactive ketones (excluding diaryl/α,β-unsaturated/α-hetero) is 1.